The first-order chi connectivity index (χ1) is 5.68. The van der Waals surface area contributed by atoms with Crippen LogP contribution in [0.4, 0.5) is 0 Å². The Labute approximate surface area is 85.6 Å². The zero-order valence-electron chi connectivity index (χ0n) is 7.71. The topological polar surface area (TPSA) is 35.2 Å². The highest BCUT2D eigenvalue weighted by Crippen LogP contribution is 2.52. The second kappa shape index (κ2) is 3.49. The van der Waals surface area contributed by atoms with Crippen LogP contribution in [0.5, 0.6) is 0 Å². The molecule has 0 unspecified atom stereocenters. The summed E-state index contributed by atoms with van der Waals surface area (Å²) in [4.78, 5) is 0. The van der Waals surface area contributed by atoms with Crippen LogP contribution in [0.3, 0.4) is 0 Å². The van der Waals surface area contributed by atoms with Crippen molar-refractivity contribution >= 4 is 12.4 Å². The third-order valence-electron chi connectivity index (χ3n) is 3.22. The number of ether oxygens (including phenoxy) is 1. The standard InChI is InChI=1S/C10H15NO.ClH/c1-2-10(11)7-9(8-10)3-5-12-6-4-9;/h1H,3-8,11H2;1H. The van der Waals surface area contributed by atoms with Gasteiger partial charge in [0.05, 0.1) is 5.54 Å². The molecule has 2 aliphatic rings. The molecule has 2 nitrogen and oxygen atoms in total. The van der Waals surface area contributed by atoms with Gasteiger partial charge in [0.15, 0.2) is 0 Å². The number of terminal acetylenes is 1. The lowest BCUT2D eigenvalue weighted by Crippen LogP contribution is -2.58. The Bertz CT molecular complexity index is 220. The fraction of sp³-hybridized carbons (Fsp3) is 0.800. The Morgan fingerprint density at radius 2 is 1.77 bits per heavy atom. The average molecular weight is 202 g/mol. The van der Waals surface area contributed by atoms with E-state index in [0.29, 0.717) is 5.41 Å². The van der Waals surface area contributed by atoms with E-state index in [4.69, 9.17) is 16.9 Å². The van der Waals surface area contributed by atoms with Crippen LogP contribution < -0.4 is 5.73 Å². The van der Waals surface area contributed by atoms with Crippen LogP contribution >= 0.6 is 12.4 Å². The van der Waals surface area contributed by atoms with Crippen LogP contribution in [0.1, 0.15) is 25.7 Å². The third-order valence-corrected chi connectivity index (χ3v) is 3.22. The average Bonchev–Trinajstić information content (AvgIpc) is 2.04. The van der Waals surface area contributed by atoms with Crippen molar-refractivity contribution in [3.8, 4) is 12.3 Å². The van der Waals surface area contributed by atoms with Crippen LogP contribution in [-0.4, -0.2) is 18.8 Å². The first-order valence-corrected chi connectivity index (χ1v) is 4.53. The maximum Gasteiger partial charge on any atom is 0.0784 e. The van der Waals surface area contributed by atoms with Gasteiger partial charge in [0.25, 0.3) is 0 Å². The summed E-state index contributed by atoms with van der Waals surface area (Å²) < 4.78 is 5.31. The molecular weight excluding hydrogens is 186 g/mol. The Morgan fingerprint density at radius 1 is 1.23 bits per heavy atom. The fourth-order valence-electron chi connectivity index (χ4n) is 2.55. The minimum Gasteiger partial charge on any atom is -0.381 e. The smallest absolute Gasteiger partial charge is 0.0784 e. The Hall–Kier alpha value is -0.230. The van der Waals surface area contributed by atoms with Crippen LogP contribution in [-0.2, 0) is 4.74 Å². The highest BCUT2D eigenvalue weighted by Gasteiger charge is 2.51. The Morgan fingerprint density at radius 3 is 2.23 bits per heavy atom. The molecule has 13 heavy (non-hydrogen) atoms. The number of rotatable bonds is 0. The Kier molecular flexibility index (Phi) is 2.91. The fourth-order valence-corrected chi connectivity index (χ4v) is 2.55. The van der Waals surface area contributed by atoms with Crippen molar-refractivity contribution in [2.75, 3.05) is 13.2 Å². The van der Waals surface area contributed by atoms with Crippen LogP contribution in [0, 0.1) is 17.8 Å². The van der Waals surface area contributed by atoms with E-state index in [2.05, 4.69) is 5.92 Å². The molecule has 1 saturated heterocycles. The molecule has 2 N–H and O–H groups in total. The molecule has 1 aliphatic heterocycles. The molecule has 0 aromatic heterocycles. The summed E-state index contributed by atoms with van der Waals surface area (Å²) in [7, 11) is 0. The van der Waals surface area contributed by atoms with E-state index < -0.39 is 0 Å². The van der Waals surface area contributed by atoms with Gasteiger partial charge in [0, 0.05) is 13.2 Å². The van der Waals surface area contributed by atoms with E-state index in [0.717, 1.165) is 38.9 Å². The largest absolute Gasteiger partial charge is 0.381 e. The lowest BCUT2D eigenvalue weighted by Gasteiger charge is -2.53. The van der Waals surface area contributed by atoms with Gasteiger partial charge in [-0.2, -0.15) is 0 Å². The minimum absolute atomic E-state index is 0. The highest BCUT2D eigenvalue weighted by molar-refractivity contribution is 5.85. The highest BCUT2D eigenvalue weighted by atomic mass is 35.5. The zero-order valence-corrected chi connectivity index (χ0v) is 8.53. The summed E-state index contributed by atoms with van der Waals surface area (Å²) in [5.41, 5.74) is 6.08. The van der Waals surface area contributed by atoms with E-state index >= 15 is 0 Å². The van der Waals surface area contributed by atoms with Gasteiger partial charge in [-0.05, 0) is 31.1 Å². The first-order valence-electron chi connectivity index (χ1n) is 4.53. The van der Waals surface area contributed by atoms with Gasteiger partial charge in [0.2, 0.25) is 0 Å². The maximum atomic E-state index is 5.93. The molecule has 1 aliphatic carbocycles. The van der Waals surface area contributed by atoms with Crippen molar-refractivity contribution in [3.05, 3.63) is 0 Å². The molecule has 74 valence electrons. The first kappa shape index (κ1) is 10.8. The lowest BCUT2D eigenvalue weighted by molar-refractivity contribution is -0.0540. The van der Waals surface area contributed by atoms with Gasteiger partial charge in [-0.25, -0.2) is 0 Å². The molecule has 1 saturated carbocycles. The molecule has 1 spiro atoms. The van der Waals surface area contributed by atoms with E-state index in [1.165, 1.54) is 0 Å². The normalized spacial score (nSPS) is 28.3. The molecule has 3 heteroatoms. The predicted octanol–water partition coefficient (Wildman–Crippen LogP) is 1.33. The van der Waals surface area contributed by atoms with Crippen LogP contribution in [0.2, 0.25) is 0 Å². The van der Waals surface area contributed by atoms with Gasteiger partial charge in [-0.15, -0.1) is 18.8 Å². The maximum absolute atomic E-state index is 5.93. The summed E-state index contributed by atoms with van der Waals surface area (Å²) in [6.07, 6.45) is 9.64. The molecule has 0 radical (unpaired) electrons. The van der Waals surface area contributed by atoms with Gasteiger partial charge in [0.1, 0.15) is 0 Å². The molecule has 2 rings (SSSR count). The molecule has 0 bridgehead atoms. The molecule has 0 aromatic rings. The van der Waals surface area contributed by atoms with E-state index in [9.17, 15) is 0 Å². The summed E-state index contributed by atoms with van der Waals surface area (Å²) in [5.74, 6) is 2.69. The summed E-state index contributed by atoms with van der Waals surface area (Å²) >= 11 is 0. The van der Waals surface area contributed by atoms with E-state index in [1.807, 2.05) is 0 Å². The molecule has 2 fully saturated rings. The summed E-state index contributed by atoms with van der Waals surface area (Å²) in [5, 5.41) is 0. The van der Waals surface area contributed by atoms with Crippen molar-refractivity contribution in [1.82, 2.24) is 0 Å². The van der Waals surface area contributed by atoms with Crippen molar-refractivity contribution in [3.63, 3.8) is 0 Å². The van der Waals surface area contributed by atoms with Crippen molar-refractivity contribution < 1.29 is 4.74 Å². The minimum atomic E-state index is -0.294. The van der Waals surface area contributed by atoms with Crippen molar-refractivity contribution in [1.29, 1.82) is 0 Å². The molecule has 1 heterocycles. The second-order valence-corrected chi connectivity index (χ2v) is 4.27. The second-order valence-electron chi connectivity index (χ2n) is 4.27. The zero-order chi connectivity index (χ0) is 8.66. The quantitative estimate of drug-likeness (QED) is 0.601. The van der Waals surface area contributed by atoms with Crippen LogP contribution in [0.15, 0.2) is 0 Å². The van der Waals surface area contributed by atoms with Gasteiger partial charge in [-0.1, -0.05) is 5.92 Å². The molecule has 0 atom stereocenters. The van der Waals surface area contributed by atoms with E-state index in [-0.39, 0.29) is 17.9 Å². The van der Waals surface area contributed by atoms with Gasteiger partial charge >= 0.3 is 0 Å². The van der Waals surface area contributed by atoms with E-state index in [1.54, 1.807) is 0 Å². The molecule has 0 aromatic carbocycles. The van der Waals surface area contributed by atoms with Crippen molar-refractivity contribution in [2.45, 2.75) is 31.2 Å². The summed E-state index contributed by atoms with van der Waals surface area (Å²) in [6, 6.07) is 0. The number of nitrogens with two attached hydrogens (primary N) is 1. The number of hydrogen-bond acceptors (Lipinski definition) is 2. The monoisotopic (exact) mass is 201 g/mol. The van der Waals surface area contributed by atoms with Gasteiger partial charge < -0.3 is 10.5 Å². The SMILES string of the molecule is C#CC1(N)CC2(CCOCC2)C1.Cl. The van der Waals surface area contributed by atoms with Gasteiger partial charge in [-0.3, -0.25) is 0 Å². The third kappa shape index (κ3) is 1.83. The van der Waals surface area contributed by atoms with Crippen LogP contribution in [0.25, 0.3) is 0 Å². The Balaban J connectivity index is 0.000000845. The van der Waals surface area contributed by atoms with Crippen molar-refractivity contribution in [2.24, 2.45) is 11.1 Å². The predicted molar refractivity (Wildman–Crippen MR) is 54.7 cm³/mol. The number of hydrogen-bond donors (Lipinski definition) is 1. The number of halogens is 1. The molecule has 0 amide bonds. The molecular formula is C10H16ClNO. The summed E-state index contributed by atoms with van der Waals surface area (Å²) in [6.45, 7) is 1.78. The lowest BCUT2D eigenvalue weighted by atomic mass is 9.55.